The molecule has 0 spiro atoms. The molecule has 1 amide bonds. The highest BCUT2D eigenvalue weighted by atomic mass is 32.2. The molecule has 3 aromatic rings. The lowest BCUT2D eigenvalue weighted by molar-refractivity contribution is -0.115. The molecule has 142 valence electrons. The summed E-state index contributed by atoms with van der Waals surface area (Å²) in [5, 5.41) is 2.82. The Balaban J connectivity index is 1.44. The van der Waals surface area contributed by atoms with Crippen LogP contribution in [0.2, 0.25) is 0 Å². The maximum absolute atomic E-state index is 12.6. The summed E-state index contributed by atoms with van der Waals surface area (Å²) in [6.45, 7) is 2.91. The molecule has 7 nitrogen and oxygen atoms in total. The van der Waals surface area contributed by atoms with Crippen LogP contribution in [-0.4, -0.2) is 36.7 Å². The second kappa shape index (κ2) is 7.06. The largest absolute Gasteiger partial charge is 0.441 e. The monoisotopic (exact) mass is 405 g/mol. The summed E-state index contributed by atoms with van der Waals surface area (Å²) in [7, 11) is -3.43. The highest BCUT2D eigenvalue weighted by Crippen LogP contribution is 2.28. The van der Waals surface area contributed by atoms with Crippen LogP contribution in [0.3, 0.4) is 0 Å². The molecule has 4 rings (SSSR count). The quantitative estimate of drug-likeness (QED) is 0.704. The first-order valence-corrected chi connectivity index (χ1v) is 10.9. The summed E-state index contributed by atoms with van der Waals surface area (Å²) >= 11 is 1.15. The SMILES string of the molecule is Cc1nc2cc(NC(=O)Cc3ccc(S(=O)(=O)N4CCCC4)s3)ccc2o1. The lowest BCUT2D eigenvalue weighted by atomic mass is 10.2. The second-order valence-electron chi connectivity index (χ2n) is 6.47. The van der Waals surface area contributed by atoms with E-state index in [1.54, 1.807) is 37.3 Å². The van der Waals surface area contributed by atoms with Crippen molar-refractivity contribution in [3.63, 3.8) is 0 Å². The van der Waals surface area contributed by atoms with Crippen molar-refractivity contribution in [2.75, 3.05) is 18.4 Å². The van der Waals surface area contributed by atoms with Crippen molar-refractivity contribution in [1.82, 2.24) is 9.29 Å². The van der Waals surface area contributed by atoms with Crippen LogP contribution in [0.15, 0.2) is 39.0 Å². The van der Waals surface area contributed by atoms with Gasteiger partial charge in [0.15, 0.2) is 11.5 Å². The first-order chi connectivity index (χ1) is 12.9. The van der Waals surface area contributed by atoms with E-state index in [0.29, 0.717) is 44.9 Å². The van der Waals surface area contributed by atoms with Crippen molar-refractivity contribution in [2.45, 2.75) is 30.4 Å². The molecule has 1 aliphatic heterocycles. The minimum absolute atomic E-state index is 0.121. The van der Waals surface area contributed by atoms with E-state index in [4.69, 9.17) is 4.42 Å². The van der Waals surface area contributed by atoms with Gasteiger partial charge in [-0.15, -0.1) is 11.3 Å². The van der Waals surface area contributed by atoms with Crippen LogP contribution in [0.1, 0.15) is 23.6 Å². The van der Waals surface area contributed by atoms with Gasteiger partial charge in [0.1, 0.15) is 9.73 Å². The Labute approximate surface area is 161 Å². The predicted molar refractivity (Wildman–Crippen MR) is 103 cm³/mol. The number of carbonyl (C=O) groups excluding carboxylic acids is 1. The van der Waals surface area contributed by atoms with Gasteiger partial charge in [0.2, 0.25) is 5.91 Å². The van der Waals surface area contributed by atoms with Gasteiger partial charge in [-0.3, -0.25) is 4.79 Å². The summed E-state index contributed by atoms with van der Waals surface area (Å²) in [5.74, 6) is 0.361. The normalized spacial score (nSPS) is 15.4. The van der Waals surface area contributed by atoms with Gasteiger partial charge in [0.05, 0.1) is 6.42 Å². The van der Waals surface area contributed by atoms with Crippen LogP contribution in [0.4, 0.5) is 5.69 Å². The van der Waals surface area contributed by atoms with E-state index < -0.39 is 10.0 Å². The fourth-order valence-corrected chi connectivity index (χ4v) is 6.16. The molecule has 1 N–H and O–H groups in total. The lowest BCUT2D eigenvalue weighted by Gasteiger charge is -2.13. The van der Waals surface area contributed by atoms with Gasteiger partial charge in [-0.25, -0.2) is 13.4 Å². The van der Waals surface area contributed by atoms with Crippen LogP contribution in [0, 0.1) is 6.92 Å². The summed E-state index contributed by atoms with van der Waals surface area (Å²) in [5.41, 5.74) is 1.98. The van der Waals surface area contributed by atoms with Crippen molar-refractivity contribution in [1.29, 1.82) is 0 Å². The molecule has 0 unspecified atom stereocenters. The van der Waals surface area contributed by atoms with Crippen LogP contribution in [0.5, 0.6) is 0 Å². The Morgan fingerprint density at radius 2 is 2.04 bits per heavy atom. The van der Waals surface area contributed by atoms with Crippen molar-refractivity contribution < 1.29 is 17.6 Å². The standard InChI is InChI=1S/C18H19N3O4S2/c1-12-19-15-10-13(4-6-16(15)25-12)20-17(22)11-14-5-7-18(26-14)27(23,24)21-8-2-3-9-21/h4-7,10H,2-3,8-9,11H2,1H3,(H,20,22). The maximum atomic E-state index is 12.6. The molecule has 1 saturated heterocycles. The molecular weight excluding hydrogens is 386 g/mol. The number of nitrogens with zero attached hydrogens (tertiary/aromatic N) is 2. The molecule has 0 aliphatic carbocycles. The highest BCUT2D eigenvalue weighted by molar-refractivity contribution is 7.91. The summed E-state index contributed by atoms with van der Waals surface area (Å²) in [6, 6.07) is 8.56. The summed E-state index contributed by atoms with van der Waals surface area (Å²) < 4.78 is 32.4. The number of carbonyl (C=O) groups is 1. The average Bonchev–Trinajstić information content (AvgIpc) is 3.34. The number of anilines is 1. The Morgan fingerprint density at radius 3 is 2.81 bits per heavy atom. The topological polar surface area (TPSA) is 92.5 Å². The van der Waals surface area contributed by atoms with E-state index in [9.17, 15) is 13.2 Å². The van der Waals surface area contributed by atoms with E-state index in [1.165, 1.54) is 4.31 Å². The zero-order chi connectivity index (χ0) is 19.0. The van der Waals surface area contributed by atoms with Gasteiger partial charge in [-0.05, 0) is 43.2 Å². The molecule has 2 aromatic heterocycles. The molecule has 0 atom stereocenters. The fraction of sp³-hybridized carbons (Fsp3) is 0.333. The van der Waals surface area contributed by atoms with E-state index in [1.807, 2.05) is 0 Å². The minimum Gasteiger partial charge on any atom is -0.441 e. The Morgan fingerprint density at radius 1 is 1.26 bits per heavy atom. The second-order valence-corrected chi connectivity index (χ2v) is 9.81. The number of rotatable bonds is 5. The Bertz CT molecular complexity index is 1090. The molecular formula is C18H19N3O4S2. The van der Waals surface area contributed by atoms with Crippen molar-refractivity contribution in [3.05, 3.63) is 41.1 Å². The molecule has 3 heterocycles. The van der Waals surface area contributed by atoms with Crippen LogP contribution in [-0.2, 0) is 21.2 Å². The summed E-state index contributed by atoms with van der Waals surface area (Å²) in [6.07, 6.45) is 1.92. The zero-order valence-corrected chi connectivity index (χ0v) is 16.4. The van der Waals surface area contributed by atoms with Gasteiger partial charge >= 0.3 is 0 Å². The Hall–Kier alpha value is -2.23. The van der Waals surface area contributed by atoms with Crippen LogP contribution < -0.4 is 5.32 Å². The molecule has 1 aliphatic rings. The number of fused-ring (bicyclic) bond motifs is 1. The van der Waals surface area contributed by atoms with Gasteiger partial charge in [-0.2, -0.15) is 4.31 Å². The number of oxazole rings is 1. The smallest absolute Gasteiger partial charge is 0.252 e. The lowest BCUT2D eigenvalue weighted by Crippen LogP contribution is -2.27. The number of benzene rings is 1. The van der Waals surface area contributed by atoms with Crippen molar-refractivity contribution in [3.8, 4) is 0 Å². The van der Waals surface area contributed by atoms with Gasteiger partial charge in [0.25, 0.3) is 10.0 Å². The first-order valence-electron chi connectivity index (χ1n) is 8.68. The van der Waals surface area contributed by atoms with Crippen molar-refractivity contribution in [2.24, 2.45) is 0 Å². The molecule has 0 bridgehead atoms. The molecule has 9 heteroatoms. The minimum atomic E-state index is -3.43. The third kappa shape index (κ3) is 3.76. The molecule has 0 radical (unpaired) electrons. The Kier molecular flexibility index (Phi) is 4.75. The number of nitrogens with one attached hydrogen (secondary N) is 1. The fourth-order valence-electron chi connectivity index (χ4n) is 3.13. The van der Waals surface area contributed by atoms with E-state index in [0.717, 1.165) is 24.2 Å². The van der Waals surface area contributed by atoms with Gasteiger partial charge in [-0.1, -0.05) is 0 Å². The van der Waals surface area contributed by atoms with E-state index >= 15 is 0 Å². The zero-order valence-electron chi connectivity index (χ0n) is 14.8. The van der Waals surface area contributed by atoms with E-state index in [-0.39, 0.29) is 12.3 Å². The number of thiophene rings is 1. The van der Waals surface area contributed by atoms with Gasteiger partial charge < -0.3 is 9.73 Å². The third-order valence-electron chi connectivity index (χ3n) is 4.41. The predicted octanol–water partition coefficient (Wildman–Crippen LogP) is 3.16. The first kappa shape index (κ1) is 18.1. The third-order valence-corrected chi connectivity index (χ3v) is 7.86. The molecule has 1 aromatic carbocycles. The number of hydrogen-bond acceptors (Lipinski definition) is 6. The van der Waals surface area contributed by atoms with Crippen LogP contribution >= 0.6 is 11.3 Å². The number of aromatic nitrogens is 1. The number of amides is 1. The maximum Gasteiger partial charge on any atom is 0.252 e. The molecule has 27 heavy (non-hydrogen) atoms. The summed E-state index contributed by atoms with van der Waals surface area (Å²) in [4.78, 5) is 17.3. The number of hydrogen-bond donors (Lipinski definition) is 1. The van der Waals surface area contributed by atoms with Crippen molar-refractivity contribution >= 4 is 44.1 Å². The molecule has 0 saturated carbocycles. The van der Waals surface area contributed by atoms with Crippen LogP contribution in [0.25, 0.3) is 11.1 Å². The molecule has 1 fully saturated rings. The average molecular weight is 406 g/mol. The number of sulfonamides is 1. The number of aryl methyl sites for hydroxylation is 1. The van der Waals surface area contributed by atoms with Gasteiger partial charge in [0, 0.05) is 30.6 Å². The van der Waals surface area contributed by atoms with E-state index in [2.05, 4.69) is 10.3 Å². The highest BCUT2D eigenvalue weighted by Gasteiger charge is 2.28.